The van der Waals surface area contributed by atoms with Crippen molar-refractivity contribution in [1.29, 1.82) is 0 Å². The Labute approximate surface area is 219 Å². The van der Waals surface area contributed by atoms with E-state index in [0.29, 0.717) is 56.4 Å². The number of hydrogen-bond acceptors (Lipinski definition) is 8. The van der Waals surface area contributed by atoms with E-state index in [-0.39, 0.29) is 17.9 Å². The van der Waals surface area contributed by atoms with Crippen LogP contribution in [-0.2, 0) is 28.9 Å². The van der Waals surface area contributed by atoms with Crippen LogP contribution in [0.15, 0.2) is 23.0 Å². The number of aliphatic carboxylic acids is 1. The van der Waals surface area contributed by atoms with Crippen molar-refractivity contribution in [3.8, 4) is 17.1 Å². The molecule has 0 radical (unpaired) electrons. The van der Waals surface area contributed by atoms with Crippen LogP contribution in [0.3, 0.4) is 0 Å². The first kappa shape index (κ1) is 25.6. The zero-order valence-corrected chi connectivity index (χ0v) is 22.1. The largest absolute Gasteiger partial charge is 0.493 e. The number of anilines is 1. The minimum atomic E-state index is -1.05. The van der Waals surface area contributed by atoms with Crippen LogP contribution in [-0.4, -0.2) is 79.6 Å². The van der Waals surface area contributed by atoms with Gasteiger partial charge in [0.25, 0.3) is 5.56 Å². The van der Waals surface area contributed by atoms with E-state index in [4.69, 9.17) is 9.47 Å². The van der Waals surface area contributed by atoms with E-state index >= 15 is 0 Å². The number of carbonyl (C=O) groups is 2. The average Bonchev–Trinajstić information content (AvgIpc) is 3.51. The van der Waals surface area contributed by atoms with Gasteiger partial charge in [0.2, 0.25) is 5.78 Å². The van der Waals surface area contributed by atoms with E-state index in [0.717, 1.165) is 23.3 Å². The third-order valence-corrected chi connectivity index (χ3v) is 6.65. The van der Waals surface area contributed by atoms with Crippen LogP contribution in [0, 0.1) is 0 Å². The lowest BCUT2D eigenvalue weighted by Crippen LogP contribution is -2.51. The Morgan fingerprint density at radius 2 is 1.89 bits per heavy atom. The Morgan fingerprint density at radius 1 is 1.16 bits per heavy atom. The maximum absolute atomic E-state index is 13.8. The number of fused-ring (bicyclic) bond motifs is 2. The summed E-state index contributed by atoms with van der Waals surface area (Å²) in [4.78, 5) is 46.3. The second-order valence-corrected chi connectivity index (χ2v) is 10.5. The summed E-state index contributed by atoms with van der Waals surface area (Å²) in [5.74, 6) is 0.288. The molecule has 2 aromatic heterocycles. The molecule has 0 atom stereocenters. The Kier molecular flexibility index (Phi) is 6.49. The maximum atomic E-state index is 13.8. The van der Waals surface area contributed by atoms with E-state index < -0.39 is 17.7 Å². The van der Waals surface area contributed by atoms with Crippen molar-refractivity contribution in [3.63, 3.8) is 0 Å². The highest BCUT2D eigenvalue weighted by atomic mass is 16.6. The normalized spacial score (nSPS) is 15.5. The number of amides is 1. The highest BCUT2D eigenvalue weighted by Crippen LogP contribution is 2.30. The van der Waals surface area contributed by atoms with Crippen molar-refractivity contribution in [2.45, 2.75) is 52.7 Å². The molecule has 12 nitrogen and oxygen atoms in total. The summed E-state index contributed by atoms with van der Waals surface area (Å²) in [6.45, 7) is 9.11. The van der Waals surface area contributed by atoms with Gasteiger partial charge in [-0.1, -0.05) is 6.92 Å². The van der Waals surface area contributed by atoms with E-state index in [1.807, 2.05) is 50.8 Å². The highest BCUT2D eigenvalue weighted by molar-refractivity contribution is 5.70. The molecule has 1 N–H and O–H groups in total. The lowest BCUT2D eigenvalue weighted by atomic mass is 10.1. The van der Waals surface area contributed by atoms with Crippen molar-refractivity contribution in [2.24, 2.45) is 0 Å². The Balaban J connectivity index is 1.54. The van der Waals surface area contributed by atoms with Gasteiger partial charge in [0.1, 0.15) is 23.6 Å². The van der Waals surface area contributed by atoms with Crippen LogP contribution in [0.1, 0.15) is 39.0 Å². The molecule has 0 spiro atoms. The van der Waals surface area contributed by atoms with Crippen LogP contribution in [0.5, 0.6) is 5.75 Å². The number of carboxylic acids is 1. The topological polar surface area (TPSA) is 132 Å². The Hall–Kier alpha value is -4.09. The molecular formula is C26H32N6O6. The van der Waals surface area contributed by atoms with Crippen molar-refractivity contribution in [1.82, 2.24) is 24.1 Å². The molecule has 1 saturated heterocycles. The van der Waals surface area contributed by atoms with E-state index in [9.17, 15) is 19.5 Å². The van der Waals surface area contributed by atoms with Crippen molar-refractivity contribution in [3.05, 3.63) is 39.8 Å². The molecule has 0 bridgehead atoms. The Bertz CT molecular complexity index is 1460. The molecule has 202 valence electrons. The average molecular weight is 525 g/mol. The zero-order chi connectivity index (χ0) is 27.2. The van der Waals surface area contributed by atoms with Crippen molar-refractivity contribution in [2.75, 3.05) is 37.7 Å². The SMILES string of the molecule is CCc1c(N2CCN(C(=O)OC(C)(C)C)CC2)c(=O)n2nc(-c3ccc4c(c3)CCO4)nc2n1CC(=O)O. The van der Waals surface area contributed by atoms with Gasteiger partial charge in [-0.25, -0.2) is 4.79 Å². The number of carboxylic acid groups (broad SMARTS) is 1. The van der Waals surface area contributed by atoms with Gasteiger partial charge in [-0.05, 0) is 51.0 Å². The second kappa shape index (κ2) is 9.66. The van der Waals surface area contributed by atoms with E-state index in [1.54, 1.807) is 9.47 Å². The third kappa shape index (κ3) is 4.77. The van der Waals surface area contributed by atoms with Gasteiger partial charge >= 0.3 is 12.1 Å². The molecule has 5 rings (SSSR count). The van der Waals surface area contributed by atoms with Crippen LogP contribution in [0.2, 0.25) is 0 Å². The quantitative estimate of drug-likeness (QED) is 0.533. The smallest absolute Gasteiger partial charge is 0.410 e. The van der Waals surface area contributed by atoms with Gasteiger partial charge in [0.05, 0.1) is 12.3 Å². The van der Waals surface area contributed by atoms with Gasteiger partial charge in [-0.2, -0.15) is 9.50 Å². The number of nitrogens with zero attached hydrogens (tertiary/aromatic N) is 6. The number of hydrogen-bond donors (Lipinski definition) is 1. The molecule has 2 aliphatic heterocycles. The van der Waals surface area contributed by atoms with Crippen molar-refractivity contribution >= 4 is 23.5 Å². The molecule has 0 saturated carbocycles. The molecule has 38 heavy (non-hydrogen) atoms. The monoisotopic (exact) mass is 524 g/mol. The molecule has 12 heteroatoms. The molecule has 0 unspecified atom stereocenters. The van der Waals surface area contributed by atoms with Gasteiger partial charge in [-0.15, -0.1) is 5.10 Å². The third-order valence-electron chi connectivity index (χ3n) is 6.65. The van der Waals surface area contributed by atoms with E-state index in [1.165, 1.54) is 4.52 Å². The van der Waals surface area contributed by atoms with Crippen molar-refractivity contribution < 1.29 is 24.2 Å². The standard InChI is InChI=1S/C26H32N6O6/c1-5-18-21(29-9-11-30(12-10-29)25(36)38-26(2,3)4)23(35)32-24(31(18)15-20(33)34)27-22(28-32)17-6-7-19-16(14-17)8-13-37-19/h6-7,14H,5,8-13,15H2,1-4H3,(H,33,34). The van der Waals surface area contributed by atoms with Gasteiger partial charge in [0, 0.05) is 38.2 Å². The molecule has 1 aromatic carbocycles. The molecule has 2 aliphatic rings. The molecule has 1 fully saturated rings. The number of rotatable bonds is 5. The predicted octanol–water partition coefficient (Wildman–Crippen LogP) is 2.20. The van der Waals surface area contributed by atoms with Crippen LogP contribution < -0.4 is 15.2 Å². The number of piperazine rings is 1. The second-order valence-electron chi connectivity index (χ2n) is 10.5. The number of ether oxygens (including phenoxy) is 2. The first-order valence-corrected chi connectivity index (χ1v) is 12.8. The zero-order valence-electron chi connectivity index (χ0n) is 22.1. The van der Waals surface area contributed by atoms with Gasteiger partial charge < -0.3 is 28.9 Å². The fraction of sp³-hybridized carbons (Fsp3) is 0.500. The summed E-state index contributed by atoms with van der Waals surface area (Å²) in [7, 11) is 0. The minimum absolute atomic E-state index is 0.178. The maximum Gasteiger partial charge on any atom is 0.410 e. The molecular weight excluding hydrogens is 492 g/mol. The number of carbonyl (C=O) groups excluding carboxylic acids is 1. The summed E-state index contributed by atoms with van der Waals surface area (Å²) < 4.78 is 13.8. The summed E-state index contributed by atoms with van der Waals surface area (Å²) >= 11 is 0. The van der Waals surface area contributed by atoms with Crippen LogP contribution in [0.4, 0.5) is 10.5 Å². The molecule has 4 heterocycles. The molecule has 1 amide bonds. The minimum Gasteiger partial charge on any atom is -0.493 e. The summed E-state index contributed by atoms with van der Waals surface area (Å²) in [6, 6.07) is 5.64. The first-order valence-electron chi connectivity index (χ1n) is 12.8. The predicted molar refractivity (Wildman–Crippen MR) is 139 cm³/mol. The first-order chi connectivity index (χ1) is 18.1. The molecule has 0 aliphatic carbocycles. The van der Waals surface area contributed by atoms with Gasteiger partial charge in [0.15, 0.2) is 5.82 Å². The lowest BCUT2D eigenvalue weighted by Gasteiger charge is -2.37. The number of aromatic nitrogens is 4. The molecule has 3 aromatic rings. The van der Waals surface area contributed by atoms with E-state index in [2.05, 4.69) is 10.1 Å². The fourth-order valence-electron chi connectivity index (χ4n) is 4.95. The Morgan fingerprint density at radius 3 is 2.55 bits per heavy atom. The summed E-state index contributed by atoms with van der Waals surface area (Å²) in [5.41, 5.74) is 1.74. The van der Waals surface area contributed by atoms with Crippen LogP contribution in [0.25, 0.3) is 17.2 Å². The lowest BCUT2D eigenvalue weighted by molar-refractivity contribution is -0.137. The van der Waals surface area contributed by atoms with Crippen LogP contribution >= 0.6 is 0 Å². The highest BCUT2D eigenvalue weighted by Gasteiger charge is 2.30. The fourth-order valence-corrected chi connectivity index (χ4v) is 4.95. The number of benzene rings is 1. The van der Waals surface area contributed by atoms with Gasteiger partial charge in [-0.3, -0.25) is 9.59 Å². The summed E-state index contributed by atoms with van der Waals surface area (Å²) in [6.07, 6.45) is 0.799. The summed E-state index contributed by atoms with van der Waals surface area (Å²) in [5, 5.41) is 14.2.